The molecule has 1 fully saturated rings. The van der Waals surface area contributed by atoms with Gasteiger partial charge >= 0.3 is 0 Å². The fourth-order valence-corrected chi connectivity index (χ4v) is 2.61. The molecule has 0 radical (unpaired) electrons. The molecule has 2 N–H and O–H groups in total. The summed E-state index contributed by atoms with van der Waals surface area (Å²) in [6, 6.07) is 3.63. The minimum Gasteiger partial charge on any atom is -0.454 e. The van der Waals surface area contributed by atoms with E-state index in [2.05, 4.69) is 10.6 Å². The molecule has 0 saturated carbocycles. The van der Waals surface area contributed by atoms with Gasteiger partial charge in [-0.1, -0.05) is 11.6 Å². The number of halogens is 2. The zero-order valence-corrected chi connectivity index (χ0v) is 12.4. The highest BCUT2D eigenvalue weighted by Gasteiger charge is 2.21. The maximum absolute atomic E-state index is 12.1. The Labute approximate surface area is 128 Å². The van der Waals surface area contributed by atoms with E-state index in [1.807, 2.05) is 0 Å². The number of carbonyl (C=O) groups is 1. The number of amides is 1. The largest absolute Gasteiger partial charge is 0.454 e. The van der Waals surface area contributed by atoms with Gasteiger partial charge in [0.25, 0.3) is 5.91 Å². The first-order chi connectivity index (χ1) is 9.24. The Bertz CT molecular complexity index is 505. The van der Waals surface area contributed by atoms with Crippen molar-refractivity contribution in [2.24, 2.45) is 0 Å². The Morgan fingerprint density at radius 3 is 3.05 bits per heavy atom. The summed E-state index contributed by atoms with van der Waals surface area (Å²) in [6.45, 7) is 1.80. The van der Waals surface area contributed by atoms with Crippen molar-refractivity contribution in [1.29, 1.82) is 0 Å². The summed E-state index contributed by atoms with van der Waals surface area (Å²) in [4.78, 5) is 12.1. The molecule has 3 rings (SSSR count). The van der Waals surface area contributed by atoms with Gasteiger partial charge in [0, 0.05) is 18.2 Å². The molecule has 0 bridgehead atoms. The van der Waals surface area contributed by atoms with E-state index in [9.17, 15) is 4.79 Å². The summed E-state index contributed by atoms with van der Waals surface area (Å²) in [5, 5.41) is 6.64. The lowest BCUT2D eigenvalue weighted by Gasteiger charge is -2.12. The van der Waals surface area contributed by atoms with E-state index in [-0.39, 0.29) is 25.1 Å². The second-order valence-corrected chi connectivity index (χ2v) is 5.10. The smallest absolute Gasteiger partial charge is 0.251 e. The van der Waals surface area contributed by atoms with Gasteiger partial charge in [-0.25, -0.2) is 0 Å². The molecular formula is C13H16Cl2N2O3. The zero-order chi connectivity index (χ0) is 13.2. The monoisotopic (exact) mass is 318 g/mol. The van der Waals surface area contributed by atoms with Crippen LogP contribution in [0.2, 0.25) is 5.02 Å². The van der Waals surface area contributed by atoms with Crippen LogP contribution in [0.3, 0.4) is 0 Å². The van der Waals surface area contributed by atoms with Crippen LogP contribution >= 0.6 is 24.0 Å². The molecule has 7 heteroatoms. The number of hydrogen-bond acceptors (Lipinski definition) is 4. The van der Waals surface area contributed by atoms with Crippen molar-refractivity contribution < 1.29 is 14.3 Å². The van der Waals surface area contributed by atoms with Crippen LogP contribution in [0.1, 0.15) is 23.2 Å². The predicted molar refractivity (Wildman–Crippen MR) is 78.2 cm³/mol. The Kier molecular flexibility index (Phi) is 4.96. The quantitative estimate of drug-likeness (QED) is 0.894. The van der Waals surface area contributed by atoms with E-state index >= 15 is 0 Å². The summed E-state index contributed by atoms with van der Waals surface area (Å²) in [5.41, 5.74) is 0.493. The molecule has 1 aromatic rings. The standard InChI is InChI=1S/C13H15ClN2O3.ClH/c14-10-4-8(5-11-12(10)19-7-18-11)13(17)16-6-9-2-1-3-15-9;/h4-5,9,15H,1-3,6-7H2,(H,16,17);1H. The van der Waals surface area contributed by atoms with Crippen LogP contribution in [-0.2, 0) is 0 Å². The van der Waals surface area contributed by atoms with Crippen molar-refractivity contribution in [1.82, 2.24) is 10.6 Å². The highest BCUT2D eigenvalue weighted by Crippen LogP contribution is 2.39. The zero-order valence-electron chi connectivity index (χ0n) is 10.8. The molecule has 2 aliphatic heterocycles. The molecule has 2 aliphatic rings. The number of carbonyl (C=O) groups excluding carboxylic acids is 1. The van der Waals surface area contributed by atoms with Crippen molar-refractivity contribution in [3.8, 4) is 11.5 Å². The van der Waals surface area contributed by atoms with Crippen molar-refractivity contribution in [3.05, 3.63) is 22.7 Å². The minimum atomic E-state index is -0.145. The second-order valence-electron chi connectivity index (χ2n) is 4.70. The molecule has 1 aromatic carbocycles. The molecule has 0 aliphatic carbocycles. The van der Waals surface area contributed by atoms with E-state index in [0.29, 0.717) is 34.7 Å². The fourth-order valence-electron chi connectivity index (χ4n) is 2.35. The summed E-state index contributed by atoms with van der Waals surface area (Å²) >= 11 is 6.05. The number of nitrogens with one attached hydrogen (secondary N) is 2. The first-order valence-electron chi connectivity index (χ1n) is 6.35. The maximum atomic E-state index is 12.1. The van der Waals surface area contributed by atoms with Crippen molar-refractivity contribution in [3.63, 3.8) is 0 Å². The average Bonchev–Trinajstić information content (AvgIpc) is 3.06. The van der Waals surface area contributed by atoms with Gasteiger partial charge in [-0.15, -0.1) is 12.4 Å². The normalized spacial score (nSPS) is 19.6. The van der Waals surface area contributed by atoms with Gasteiger partial charge in [-0.3, -0.25) is 4.79 Å². The average molecular weight is 319 g/mol. The first kappa shape index (κ1) is 15.2. The van der Waals surface area contributed by atoms with Gasteiger partial charge in [0.15, 0.2) is 11.5 Å². The Morgan fingerprint density at radius 2 is 2.30 bits per heavy atom. The van der Waals surface area contributed by atoms with E-state index < -0.39 is 0 Å². The number of ether oxygens (including phenoxy) is 2. The van der Waals surface area contributed by atoms with E-state index in [4.69, 9.17) is 21.1 Å². The summed E-state index contributed by atoms with van der Waals surface area (Å²) in [5.74, 6) is 0.890. The third-order valence-electron chi connectivity index (χ3n) is 3.36. The molecule has 5 nitrogen and oxygen atoms in total. The summed E-state index contributed by atoms with van der Waals surface area (Å²) < 4.78 is 10.5. The third kappa shape index (κ3) is 3.11. The van der Waals surface area contributed by atoms with Gasteiger partial charge < -0.3 is 20.1 Å². The van der Waals surface area contributed by atoms with Crippen LogP contribution in [0.5, 0.6) is 11.5 Å². The molecule has 1 saturated heterocycles. The first-order valence-corrected chi connectivity index (χ1v) is 6.72. The highest BCUT2D eigenvalue weighted by atomic mass is 35.5. The van der Waals surface area contributed by atoms with Crippen LogP contribution in [0, 0.1) is 0 Å². The summed E-state index contributed by atoms with van der Waals surface area (Å²) in [7, 11) is 0. The van der Waals surface area contributed by atoms with Gasteiger partial charge in [0.2, 0.25) is 6.79 Å². The maximum Gasteiger partial charge on any atom is 0.251 e. The topological polar surface area (TPSA) is 59.6 Å². The molecule has 2 heterocycles. The molecular weight excluding hydrogens is 303 g/mol. The molecule has 20 heavy (non-hydrogen) atoms. The third-order valence-corrected chi connectivity index (χ3v) is 3.64. The summed E-state index contributed by atoms with van der Waals surface area (Å²) in [6.07, 6.45) is 2.26. The second kappa shape index (κ2) is 6.52. The van der Waals surface area contributed by atoms with Crippen molar-refractivity contribution >= 4 is 29.9 Å². The Balaban J connectivity index is 0.00000147. The number of fused-ring (bicyclic) bond motifs is 1. The number of rotatable bonds is 3. The molecule has 1 amide bonds. The van der Waals surface area contributed by atoms with Crippen LogP contribution in [0.15, 0.2) is 12.1 Å². The van der Waals surface area contributed by atoms with E-state index in [1.165, 1.54) is 0 Å². The predicted octanol–water partition coefficient (Wildman–Crippen LogP) is 1.97. The van der Waals surface area contributed by atoms with Gasteiger partial charge in [0.05, 0.1) is 5.02 Å². The minimum absolute atomic E-state index is 0. The molecule has 0 spiro atoms. The number of benzene rings is 1. The van der Waals surface area contributed by atoms with Gasteiger partial charge in [-0.2, -0.15) is 0 Å². The van der Waals surface area contributed by atoms with Crippen LogP contribution in [0.25, 0.3) is 0 Å². The molecule has 110 valence electrons. The van der Waals surface area contributed by atoms with E-state index in [0.717, 1.165) is 19.4 Å². The Hall–Kier alpha value is -1.17. The molecule has 1 unspecified atom stereocenters. The number of hydrogen-bond donors (Lipinski definition) is 2. The van der Waals surface area contributed by atoms with Gasteiger partial charge in [-0.05, 0) is 31.5 Å². The lowest BCUT2D eigenvalue weighted by molar-refractivity contribution is 0.0950. The lowest BCUT2D eigenvalue weighted by Crippen LogP contribution is -2.37. The van der Waals surface area contributed by atoms with Crippen LogP contribution < -0.4 is 20.1 Å². The van der Waals surface area contributed by atoms with Gasteiger partial charge in [0.1, 0.15) is 0 Å². The van der Waals surface area contributed by atoms with E-state index in [1.54, 1.807) is 12.1 Å². The van der Waals surface area contributed by atoms with Crippen LogP contribution in [-0.4, -0.2) is 31.8 Å². The molecule has 0 aromatic heterocycles. The highest BCUT2D eigenvalue weighted by molar-refractivity contribution is 6.32. The van der Waals surface area contributed by atoms with Crippen molar-refractivity contribution in [2.75, 3.05) is 19.9 Å². The lowest BCUT2D eigenvalue weighted by atomic mass is 10.1. The van der Waals surface area contributed by atoms with Crippen molar-refractivity contribution in [2.45, 2.75) is 18.9 Å². The molecule has 1 atom stereocenters. The fraction of sp³-hybridized carbons (Fsp3) is 0.462. The SMILES string of the molecule is Cl.O=C(NCC1CCCN1)c1cc(Cl)c2c(c1)OCO2. The Morgan fingerprint density at radius 1 is 1.45 bits per heavy atom. The van der Waals surface area contributed by atoms with Crippen LogP contribution in [0.4, 0.5) is 0 Å².